The van der Waals surface area contributed by atoms with Gasteiger partial charge in [-0.05, 0) is 48.6 Å². The van der Waals surface area contributed by atoms with Gasteiger partial charge in [-0.1, -0.05) is 36.4 Å². The highest BCUT2D eigenvalue weighted by Crippen LogP contribution is 2.44. The number of fused-ring (bicyclic) bond motifs is 3. The molecule has 0 aliphatic heterocycles. The summed E-state index contributed by atoms with van der Waals surface area (Å²) in [7, 11) is 0. The summed E-state index contributed by atoms with van der Waals surface area (Å²) in [6.07, 6.45) is 3.95. The molecule has 7 nitrogen and oxygen atoms in total. The molecule has 0 spiro atoms. The Kier molecular flexibility index (Phi) is 5.70. The fraction of sp³-hybridized carbons (Fsp3) is 0.154. The number of H-pyrrole nitrogens is 1. The summed E-state index contributed by atoms with van der Waals surface area (Å²) in [5, 5.41) is 13.0. The smallest absolute Gasteiger partial charge is 0.338 e. The van der Waals surface area contributed by atoms with Crippen molar-refractivity contribution >= 4 is 28.2 Å². The number of imidazole rings is 1. The van der Waals surface area contributed by atoms with E-state index in [2.05, 4.69) is 27.4 Å². The van der Waals surface area contributed by atoms with Crippen LogP contribution >= 0.6 is 11.3 Å². The summed E-state index contributed by atoms with van der Waals surface area (Å²) in [5.41, 5.74) is 4.94. The number of aromatic nitrogens is 2. The number of esters is 1. The van der Waals surface area contributed by atoms with Crippen molar-refractivity contribution in [3.63, 3.8) is 0 Å². The van der Waals surface area contributed by atoms with Crippen LogP contribution in [0.15, 0.2) is 60.9 Å². The molecule has 2 heterocycles. The second-order valence-electron chi connectivity index (χ2n) is 7.93. The topological polar surface area (TPSA) is 108 Å². The number of benzene rings is 2. The molecule has 0 bridgehead atoms. The number of nitrogens with zero attached hydrogens (tertiary/aromatic N) is 2. The van der Waals surface area contributed by atoms with Gasteiger partial charge in [-0.15, -0.1) is 11.3 Å². The van der Waals surface area contributed by atoms with Crippen LogP contribution in [0.25, 0.3) is 21.8 Å². The molecule has 2 aromatic heterocycles. The zero-order valence-corrected chi connectivity index (χ0v) is 19.1. The van der Waals surface area contributed by atoms with Crippen LogP contribution in [0, 0.1) is 11.3 Å². The number of amides is 1. The van der Waals surface area contributed by atoms with Crippen molar-refractivity contribution in [3.8, 4) is 27.9 Å². The minimum Gasteiger partial charge on any atom is -0.449 e. The number of rotatable bonds is 5. The van der Waals surface area contributed by atoms with Crippen molar-refractivity contribution in [2.24, 2.45) is 0 Å². The highest BCUT2D eigenvalue weighted by molar-refractivity contribution is 7.20. The van der Waals surface area contributed by atoms with Gasteiger partial charge < -0.3 is 15.0 Å². The van der Waals surface area contributed by atoms with E-state index in [0.29, 0.717) is 22.0 Å². The minimum absolute atomic E-state index is 0.330. The molecule has 1 amide bonds. The van der Waals surface area contributed by atoms with E-state index >= 15 is 0 Å². The quantitative estimate of drug-likeness (QED) is 0.403. The number of ether oxygens (including phenoxy) is 1. The van der Waals surface area contributed by atoms with Crippen molar-refractivity contribution in [1.29, 1.82) is 5.26 Å². The highest BCUT2D eigenvalue weighted by Gasteiger charge is 2.27. The van der Waals surface area contributed by atoms with Gasteiger partial charge in [-0.25, -0.2) is 9.78 Å². The zero-order valence-electron chi connectivity index (χ0n) is 18.3. The molecule has 1 unspecified atom stereocenters. The van der Waals surface area contributed by atoms with Crippen LogP contribution < -0.4 is 5.32 Å². The molecule has 34 heavy (non-hydrogen) atoms. The molecule has 1 aliphatic rings. The lowest BCUT2D eigenvalue weighted by atomic mass is 9.90. The third kappa shape index (κ3) is 3.98. The third-order valence-electron chi connectivity index (χ3n) is 5.81. The van der Waals surface area contributed by atoms with Gasteiger partial charge in [0, 0.05) is 22.8 Å². The average molecular weight is 469 g/mol. The lowest BCUT2D eigenvalue weighted by molar-refractivity contribution is -0.123. The molecule has 2 N–H and O–H groups in total. The standard InChI is InChI=1S/C26H20N4O3S/c1-15(33-26(32)18-8-6-17(7-9-18)23-28-12-13-29-23)24(31)30-25-21(14-27)20-11-10-16-4-2-3-5-19(16)22(20)34-25/h2-9,12-13,15H,10-11H2,1H3,(H,28,29)(H,30,31). The molecule has 1 aliphatic carbocycles. The fourth-order valence-corrected chi connectivity index (χ4v) is 5.29. The van der Waals surface area contributed by atoms with Crippen LogP contribution in [-0.2, 0) is 22.4 Å². The van der Waals surface area contributed by atoms with Gasteiger partial charge in [-0.2, -0.15) is 5.26 Å². The zero-order chi connectivity index (χ0) is 23.7. The second kappa shape index (κ2) is 8.96. The van der Waals surface area contributed by atoms with E-state index in [0.717, 1.165) is 34.4 Å². The van der Waals surface area contributed by atoms with Crippen molar-refractivity contribution in [2.75, 3.05) is 5.32 Å². The van der Waals surface area contributed by atoms with Gasteiger partial charge in [0.15, 0.2) is 6.10 Å². The molecule has 0 saturated heterocycles. The van der Waals surface area contributed by atoms with E-state index in [1.54, 1.807) is 36.7 Å². The second-order valence-corrected chi connectivity index (χ2v) is 8.96. The Hall–Kier alpha value is -4.22. The molecule has 1 atom stereocenters. The van der Waals surface area contributed by atoms with Crippen LogP contribution in [0.4, 0.5) is 5.00 Å². The number of nitrogens with one attached hydrogen (secondary N) is 2. The first-order chi connectivity index (χ1) is 16.5. The van der Waals surface area contributed by atoms with Gasteiger partial charge in [0.1, 0.15) is 16.9 Å². The molecular weight excluding hydrogens is 448 g/mol. The molecule has 5 rings (SSSR count). The summed E-state index contributed by atoms with van der Waals surface area (Å²) >= 11 is 1.39. The lowest BCUT2D eigenvalue weighted by Gasteiger charge is -2.15. The predicted octanol–water partition coefficient (Wildman–Crippen LogP) is 4.96. The predicted molar refractivity (Wildman–Crippen MR) is 129 cm³/mol. The number of carbonyl (C=O) groups excluding carboxylic acids is 2. The maximum absolute atomic E-state index is 12.8. The molecule has 4 aromatic rings. The number of thiophene rings is 1. The Morgan fingerprint density at radius 1 is 1.18 bits per heavy atom. The molecule has 168 valence electrons. The van der Waals surface area contributed by atoms with E-state index in [-0.39, 0.29) is 0 Å². The van der Waals surface area contributed by atoms with Crippen molar-refractivity contribution < 1.29 is 14.3 Å². The van der Waals surface area contributed by atoms with Crippen LogP contribution in [0.3, 0.4) is 0 Å². The van der Waals surface area contributed by atoms with Crippen LogP contribution in [0.5, 0.6) is 0 Å². The van der Waals surface area contributed by atoms with Gasteiger partial charge in [0.2, 0.25) is 0 Å². The lowest BCUT2D eigenvalue weighted by Crippen LogP contribution is -2.30. The van der Waals surface area contributed by atoms with E-state index < -0.39 is 18.0 Å². The molecular formula is C26H20N4O3S. The van der Waals surface area contributed by atoms with Crippen LogP contribution in [0.1, 0.15) is 34.0 Å². The summed E-state index contributed by atoms with van der Waals surface area (Å²) in [4.78, 5) is 33.6. The van der Waals surface area contributed by atoms with E-state index in [9.17, 15) is 14.9 Å². The number of carbonyl (C=O) groups is 2. The Morgan fingerprint density at radius 3 is 2.71 bits per heavy atom. The molecule has 0 saturated carbocycles. The third-order valence-corrected chi connectivity index (χ3v) is 6.99. The summed E-state index contributed by atoms with van der Waals surface area (Å²) in [5.74, 6) is -0.389. The number of aryl methyl sites for hydroxylation is 1. The van der Waals surface area contributed by atoms with Crippen LogP contribution in [-0.4, -0.2) is 27.9 Å². The molecule has 8 heteroatoms. The Labute approximate surface area is 200 Å². The number of anilines is 1. The highest BCUT2D eigenvalue weighted by atomic mass is 32.1. The first kappa shape index (κ1) is 21.6. The van der Waals surface area contributed by atoms with Crippen molar-refractivity contribution in [2.45, 2.75) is 25.9 Å². The maximum Gasteiger partial charge on any atom is 0.338 e. The maximum atomic E-state index is 12.8. The Morgan fingerprint density at radius 2 is 1.97 bits per heavy atom. The summed E-state index contributed by atoms with van der Waals surface area (Å²) in [6.45, 7) is 1.51. The van der Waals surface area contributed by atoms with Crippen molar-refractivity contribution in [1.82, 2.24) is 9.97 Å². The Balaban J connectivity index is 1.29. The van der Waals surface area contributed by atoms with Gasteiger partial charge in [0.05, 0.1) is 11.1 Å². The van der Waals surface area contributed by atoms with Gasteiger partial charge in [0.25, 0.3) is 5.91 Å². The van der Waals surface area contributed by atoms with E-state index in [4.69, 9.17) is 4.74 Å². The normalized spacial score (nSPS) is 12.7. The number of aromatic amines is 1. The fourth-order valence-electron chi connectivity index (χ4n) is 4.03. The SMILES string of the molecule is CC(OC(=O)c1ccc(-c2ncc[nH]2)cc1)C(=O)Nc1sc2c(c1C#N)CCc1ccccc1-2. The summed E-state index contributed by atoms with van der Waals surface area (Å²) in [6, 6.07) is 17.1. The summed E-state index contributed by atoms with van der Waals surface area (Å²) < 4.78 is 5.38. The first-order valence-corrected chi connectivity index (χ1v) is 11.6. The molecule has 0 radical (unpaired) electrons. The molecule has 2 aromatic carbocycles. The molecule has 0 fully saturated rings. The Bertz CT molecular complexity index is 1420. The van der Waals surface area contributed by atoms with E-state index in [1.807, 2.05) is 18.2 Å². The van der Waals surface area contributed by atoms with Crippen molar-refractivity contribution in [3.05, 3.63) is 83.2 Å². The monoisotopic (exact) mass is 468 g/mol. The van der Waals surface area contributed by atoms with Crippen LogP contribution in [0.2, 0.25) is 0 Å². The van der Waals surface area contributed by atoms with Gasteiger partial charge in [-0.3, -0.25) is 4.79 Å². The first-order valence-electron chi connectivity index (χ1n) is 10.8. The number of hydrogen-bond donors (Lipinski definition) is 2. The number of nitriles is 1. The average Bonchev–Trinajstić information content (AvgIpc) is 3.52. The number of hydrogen-bond acceptors (Lipinski definition) is 6. The largest absolute Gasteiger partial charge is 0.449 e. The van der Waals surface area contributed by atoms with E-state index in [1.165, 1.54) is 23.8 Å². The van der Waals surface area contributed by atoms with Gasteiger partial charge >= 0.3 is 5.97 Å². The minimum atomic E-state index is -1.03.